The summed E-state index contributed by atoms with van der Waals surface area (Å²) >= 11 is 0. The average Bonchev–Trinajstić information content (AvgIpc) is 3.29. The second-order valence-electron chi connectivity index (χ2n) is 7.71. The Bertz CT molecular complexity index is 753. The normalized spacial score (nSPS) is 19.7. The maximum atomic E-state index is 12.5. The molecule has 1 aromatic rings. The Morgan fingerprint density at radius 3 is 2.63 bits per heavy atom. The molecule has 1 aromatic carbocycles. The summed E-state index contributed by atoms with van der Waals surface area (Å²) < 4.78 is 5.53. The number of amides is 2. The van der Waals surface area contributed by atoms with Gasteiger partial charge in [0, 0.05) is 58.5 Å². The van der Waals surface area contributed by atoms with Gasteiger partial charge in [-0.2, -0.15) is 0 Å². The minimum absolute atomic E-state index is 0.0360. The summed E-state index contributed by atoms with van der Waals surface area (Å²) in [5.41, 5.74) is 1.88. The number of hydrogen-bond donors (Lipinski definition) is 2. The summed E-state index contributed by atoms with van der Waals surface area (Å²) in [4.78, 5) is 32.8. The van der Waals surface area contributed by atoms with E-state index in [1.807, 2.05) is 36.1 Å². The highest BCUT2D eigenvalue weighted by Crippen LogP contribution is 2.16. The fourth-order valence-electron chi connectivity index (χ4n) is 3.84. The lowest BCUT2D eigenvalue weighted by Gasteiger charge is -2.37. The topological polar surface area (TPSA) is 86.3 Å². The molecule has 8 heteroatoms. The molecule has 1 atom stereocenters. The molecule has 30 heavy (non-hydrogen) atoms. The summed E-state index contributed by atoms with van der Waals surface area (Å²) in [5, 5.41) is 6.33. The van der Waals surface area contributed by atoms with Crippen LogP contribution >= 0.6 is 0 Å². The van der Waals surface area contributed by atoms with Gasteiger partial charge in [0.15, 0.2) is 5.96 Å². The minimum atomic E-state index is -0.251. The highest BCUT2D eigenvalue weighted by Gasteiger charge is 2.30. The third-order valence-corrected chi connectivity index (χ3v) is 5.45. The molecule has 0 saturated carbocycles. The molecule has 164 valence electrons. The molecule has 2 aliphatic heterocycles. The molecule has 0 aliphatic carbocycles. The highest BCUT2D eigenvalue weighted by atomic mass is 16.5. The summed E-state index contributed by atoms with van der Waals surface area (Å²) in [6.07, 6.45) is 2.90. The summed E-state index contributed by atoms with van der Waals surface area (Å²) in [6, 6.07) is 7.84. The molecule has 2 N–H and O–H groups in total. The second kappa shape index (κ2) is 11.0. The van der Waals surface area contributed by atoms with E-state index in [4.69, 9.17) is 4.74 Å². The number of carbonyl (C=O) groups is 2. The van der Waals surface area contributed by atoms with Gasteiger partial charge in [-0.15, -0.1) is 0 Å². The zero-order chi connectivity index (χ0) is 21.3. The van der Waals surface area contributed by atoms with Gasteiger partial charge in [0.05, 0.1) is 0 Å². The average molecular weight is 416 g/mol. The van der Waals surface area contributed by atoms with Crippen molar-refractivity contribution in [2.24, 2.45) is 4.99 Å². The van der Waals surface area contributed by atoms with E-state index < -0.39 is 0 Å². The first kappa shape index (κ1) is 22.1. The zero-order valence-corrected chi connectivity index (χ0v) is 18.0. The molecule has 2 aliphatic rings. The molecule has 8 nitrogen and oxygen atoms in total. The van der Waals surface area contributed by atoms with Crippen LogP contribution in [0.1, 0.15) is 38.2 Å². The van der Waals surface area contributed by atoms with Crippen molar-refractivity contribution in [2.45, 2.75) is 45.3 Å². The Kier molecular flexibility index (Phi) is 8.07. The number of carbonyl (C=O) groups excluding carboxylic acids is 2. The maximum absolute atomic E-state index is 12.5. The van der Waals surface area contributed by atoms with Crippen molar-refractivity contribution >= 4 is 23.5 Å². The lowest BCUT2D eigenvalue weighted by atomic mass is 10.2. The molecule has 2 amide bonds. The fourth-order valence-corrected chi connectivity index (χ4v) is 3.84. The largest absolute Gasteiger partial charge is 0.368 e. The minimum Gasteiger partial charge on any atom is -0.368 e. The summed E-state index contributed by atoms with van der Waals surface area (Å²) in [6.45, 7) is 6.13. The van der Waals surface area contributed by atoms with Crippen LogP contribution in [0.4, 0.5) is 5.69 Å². The van der Waals surface area contributed by atoms with Crippen LogP contribution in [-0.2, 0) is 20.9 Å². The van der Waals surface area contributed by atoms with E-state index in [2.05, 4.69) is 20.5 Å². The van der Waals surface area contributed by atoms with Crippen molar-refractivity contribution in [3.05, 3.63) is 29.8 Å². The molecular formula is C22H33N5O3. The number of benzene rings is 1. The number of rotatable bonds is 6. The maximum Gasteiger partial charge on any atom is 0.251 e. The van der Waals surface area contributed by atoms with Gasteiger partial charge in [0.1, 0.15) is 6.10 Å². The lowest BCUT2D eigenvalue weighted by molar-refractivity contribution is -0.142. The van der Waals surface area contributed by atoms with E-state index in [1.165, 1.54) is 0 Å². The van der Waals surface area contributed by atoms with Gasteiger partial charge in [0.25, 0.3) is 5.91 Å². The van der Waals surface area contributed by atoms with Crippen LogP contribution in [-0.4, -0.2) is 73.5 Å². The molecule has 1 unspecified atom stereocenters. The number of nitrogens with one attached hydrogen (secondary N) is 2. The van der Waals surface area contributed by atoms with Gasteiger partial charge < -0.3 is 25.2 Å². The van der Waals surface area contributed by atoms with Crippen molar-refractivity contribution in [3.8, 4) is 0 Å². The van der Waals surface area contributed by atoms with Crippen LogP contribution in [0, 0.1) is 0 Å². The standard InChI is InChI=1S/C22H33N5O3/c1-3-6-20(28)25-18-8-4-7-17(15-18)16-24-22(23-2)27-12-10-26(11-13-27)21(29)19-9-5-14-30-19/h4,7-8,15,19H,3,5-6,9-14,16H2,1-2H3,(H,23,24)(H,25,28). The molecule has 0 bridgehead atoms. The molecule has 3 rings (SSSR count). The van der Waals surface area contributed by atoms with Gasteiger partial charge >= 0.3 is 0 Å². The number of anilines is 1. The van der Waals surface area contributed by atoms with E-state index >= 15 is 0 Å². The quantitative estimate of drug-likeness (QED) is 0.547. The summed E-state index contributed by atoms with van der Waals surface area (Å²) in [7, 11) is 1.77. The SMILES string of the molecule is CCCC(=O)Nc1cccc(CNC(=NC)N2CCN(C(=O)C3CCCO3)CC2)c1. The third-order valence-electron chi connectivity index (χ3n) is 5.45. The van der Waals surface area contributed by atoms with Gasteiger partial charge in [-0.3, -0.25) is 14.6 Å². The van der Waals surface area contributed by atoms with Crippen molar-refractivity contribution in [3.63, 3.8) is 0 Å². The summed E-state index contributed by atoms with van der Waals surface area (Å²) in [5.74, 6) is 0.977. The predicted octanol–water partition coefficient (Wildman–Crippen LogP) is 1.82. The van der Waals surface area contributed by atoms with Gasteiger partial charge in [-0.05, 0) is 37.0 Å². The predicted molar refractivity (Wildman–Crippen MR) is 117 cm³/mol. The van der Waals surface area contributed by atoms with E-state index in [0.29, 0.717) is 32.7 Å². The van der Waals surface area contributed by atoms with E-state index in [0.717, 1.165) is 49.6 Å². The monoisotopic (exact) mass is 415 g/mol. The van der Waals surface area contributed by atoms with Crippen LogP contribution in [0.2, 0.25) is 0 Å². The van der Waals surface area contributed by atoms with Crippen molar-refractivity contribution in [1.82, 2.24) is 15.1 Å². The van der Waals surface area contributed by atoms with Crippen molar-refractivity contribution < 1.29 is 14.3 Å². The Labute approximate surface area is 178 Å². The Morgan fingerprint density at radius 1 is 1.20 bits per heavy atom. The van der Waals surface area contributed by atoms with Crippen LogP contribution in [0.3, 0.4) is 0 Å². The van der Waals surface area contributed by atoms with Crippen molar-refractivity contribution in [1.29, 1.82) is 0 Å². The van der Waals surface area contributed by atoms with Crippen molar-refractivity contribution in [2.75, 3.05) is 45.2 Å². The zero-order valence-electron chi connectivity index (χ0n) is 18.0. The van der Waals surface area contributed by atoms with Crippen LogP contribution in [0.15, 0.2) is 29.3 Å². The van der Waals surface area contributed by atoms with Crippen LogP contribution < -0.4 is 10.6 Å². The van der Waals surface area contributed by atoms with Gasteiger partial charge in [0.2, 0.25) is 5.91 Å². The number of aliphatic imine (C=N–C) groups is 1. The third kappa shape index (κ3) is 5.95. The molecule has 0 aromatic heterocycles. The Hall–Kier alpha value is -2.61. The van der Waals surface area contributed by atoms with Gasteiger partial charge in [-0.25, -0.2) is 0 Å². The molecule has 2 saturated heterocycles. The lowest BCUT2D eigenvalue weighted by Crippen LogP contribution is -2.55. The number of piperazine rings is 1. The number of ether oxygens (including phenoxy) is 1. The smallest absolute Gasteiger partial charge is 0.251 e. The molecular weight excluding hydrogens is 382 g/mol. The first-order valence-corrected chi connectivity index (χ1v) is 10.9. The number of guanidine groups is 1. The van der Waals surface area contributed by atoms with Crippen LogP contribution in [0.25, 0.3) is 0 Å². The molecule has 0 radical (unpaired) electrons. The van der Waals surface area contributed by atoms with Crippen LogP contribution in [0.5, 0.6) is 0 Å². The number of nitrogens with zero attached hydrogens (tertiary/aromatic N) is 3. The van der Waals surface area contributed by atoms with Gasteiger partial charge in [-0.1, -0.05) is 19.1 Å². The molecule has 2 fully saturated rings. The first-order valence-electron chi connectivity index (χ1n) is 10.9. The highest BCUT2D eigenvalue weighted by molar-refractivity contribution is 5.90. The molecule has 0 spiro atoms. The first-order chi connectivity index (χ1) is 14.6. The fraction of sp³-hybridized carbons (Fsp3) is 0.591. The van der Waals surface area contributed by atoms with E-state index in [1.54, 1.807) is 7.05 Å². The van der Waals surface area contributed by atoms with E-state index in [9.17, 15) is 9.59 Å². The Balaban J connectivity index is 1.48. The molecule has 2 heterocycles. The van der Waals surface area contributed by atoms with E-state index in [-0.39, 0.29) is 17.9 Å². The Morgan fingerprint density at radius 2 is 1.97 bits per heavy atom. The second-order valence-corrected chi connectivity index (χ2v) is 7.71. The number of hydrogen-bond acceptors (Lipinski definition) is 4.